The van der Waals surface area contributed by atoms with E-state index < -0.39 is 0 Å². The minimum absolute atomic E-state index is 0.0300. The largest absolute Gasteiger partial charge is 0.472 e. The number of aryl methyl sites for hydroxylation is 1. The van der Waals surface area contributed by atoms with Gasteiger partial charge >= 0.3 is 0 Å². The summed E-state index contributed by atoms with van der Waals surface area (Å²) in [6, 6.07) is 7.71. The number of piperazine rings is 1. The number of anilines is 1. The molecule has 0 atom stereocenters. The van der Waals surface area contributed by atoms with Gasteiger partial charge in [-0.3, -0.25) is 14.5 Å². The zero-order valence-electron chi connectivity index (χ0n) is 15.0. The molecule has 1 aromatic carbocycles. The summed E-state index contributed by atoms with van der Waals surface area (Å²) in [6.07, 6.45) is 2.96. The number of nitrogens with zero attached hydrogens (tertiary/aromatic N) is 3. The van der Waals surface area contributed by atoms with Crippen LogP contribution in [0.4, 0.5) is 5.13 Å². The highest BCUT2D eigenvalue weighted by atomic mass is 32.1. The Morgan fingerprint density at radius 1 is 1.22 bits per heavy atom. The highest BCUT2D eigenvalue weighted by Gasteiger charge is 2.24. The number of carbonyl (C=O) groups excluding carboxylic acids is 2. The maximum atomic E-state index is 12.3. The van der Waals surface area contributed by atoms with Gasteiger partial charge in [0.25, 0.3) is 5.91 Å². The van der Waals surface area contributed by atoms with Crippen LogP contribution in [0.5, 0.6) is 0 Å². The van der Waals surface area contributed by atoms with E-state index >= 15 is 0 Å². The number of hydrogen-bond donors (Lipinski definition) is 1. The molecular formula is C19H20N4O3S. The fourth-order valence-corrected chi connectivity index (χ4v) is 4.11. The van der Waals surface area contributed by atoms with E-state index in [0.717, 1.165) is 10.2 Å². The van der Waals surface area contributed by atoms with E-state index in [9.17, 15) is 9.59 Å². The summed E-state index contributed by atoms with van der Waals surface area (Å²) < 4.78 is 6.04. The summed E-state index contributed by atoms with van der Waals surface area (Å²) in [4.78, 5) is 32.9. The number of thiazole rings is 1. The highest BCUT2D eigenvalue weighted by molar-refractivity contribution is 7.22. The van der Waals surface area contributed by atoms with Crippen LogP contribution in [0.25, 0.3) is 10.2 Å². The first kappa shape index (κ1) is 17.7. The topological polar surface area (TPSA) is 78.7 Å². The minimum Gasteiger partial charge on any atom is -0.472 e. The Balaban J connectivity index is 1.29. The molecule has 0 radical (unpaired) electrons. The molecule has 1 fully saturated rings. The van der Waals surface area contributed by atoms with Crippen LogP contribution in [-0.2, 0) is 4.79 Å². The van der Waals surface area contributed by atoms with E-state index in [0.29, 0.717) is 43.4 Å². The summed E-state index contributed by atoms with van der Waals surface area (Å²) in [6.45, 7) is 4.85. The average Bonchev–Trinajstić information content (AvgIpc) is 3.30. The third kappa shape index (κ3) is 4.01. The smallest absolute Gasteiger partial charge is 0.257 e. The van der Waals surface area contributed by atoms with E-state index in [2.05, 4.69) is 16.4 Å². The number of fused-ring (bicyclic) bond motifs is 1. The normalized spacial score (nSPS) is 15.2. The number of aromatic nitrogens is 1. The third-order valence-corrected chi connectivity index (χ3v) is 5.52. The predicted molar refractivity (Wildman–Crippen MR) is 104 cm³/mol. The SMILES string of the molecule is Cc1ccc2nc(NC(=O)CN3CCN(C(=O)c4ccoc4)CC3)sc2c1. The highest BCUT2D eigenvalue weighted by Crippen LogP contribution is 2.26. The van der Waals surface area contributed by atoms with Crippen LogP contribution in [0, 0.1) is 6.92 Å². The first-order valence-electron chi connectivity index (χ1n) is 8.79. The molecule has 3 heterocycles. The molecule has 140 valence electrons. The van der Waals surface area contributed by atoms with Gasteiger partial charge in [0.1, 0.15) is 6.26 Å². The zero-order chi connectivity index (χ0) is 18.8. The lowest BCUT2D eigenvalue weighted by Crippen LogP contribution is -2.50. The molecule has 4 rings (SSSR count). The Bertz CT molecular complexity index is 959. The van der Waals surface area contributed by atoms with Gasteiger partial charge in [-0.05, 0) is 30.7 Å². The lowest BCUT2D eigenvalue weighted by atomic mass is 10.2. The number of furan rings is 1. The number of nitrogens with one attached hydrogen (secondary N) is 1. The summed E-state index contributed by atoms with van der Waals surface area (Å²) in [7, 11) is 0. The van der Waals surface area contributed by atoms with Crippen LogP contribution in [0.15, 0.2) is 41.2 Å². The quantitative estimate of drug-likeness (QED) is 0.748. The van der Waals surface area contributed by atoms with E-state index in [1.807, 2.05) is 24.0 Å². The number of amides is 2. The summed E-state index contributed by atoms with van der Waals surface area (Å²) in [5.41, 5.74) is 2.63. The van der Waals surface area contributed by atoms with Crippen LogP contribution in [-0.4, -0.2) is 59.3 Å². The summed E-state index contributed by atoms with van der Waals surface area (Å²) in [5, 5.41) is 3.51. The maximum absolute atomic E-state index is 12.3. The van der Waals surface area contributed by atoms with Gasteiger partial charge in [0, 0.05) is 26.2 Å². The van der Waals surface area contributed by atoms with Gasteiger partial charge in [0.05, 0.1) is 28.6 Å². The molecule has 2 amide bonds. The van der Waals surface area contributed by atoms with Gasteiger partial charge in [-0.25, -0.2) is 4.98 Å². The van der Waals surface area contributed by atoms with Crippen molar-refractivity contribution in [2.75, 3.05) is 38.0 Å². The first-order valence-corrected chi connectivity index (χ1v) is 9.61. The summed E-state index contributed by atoms with van der Waals surface area (Å²) in [5.74, 6) is -0.113. The van der Waals surface area contributed by atoms with Crippen LogP contribution >= 0.6 is 11.3 Å². The van der Waals surface area contributed by atoms with E-state index in [4.69, 9.17) is 4.42 Å². The number of rotatable bonds is 4. The Labute approximate surface area is 160 Å². The van der Waals surface area contributed by atoms with E-state index in [-0.39, 0.29) is 11.8 Å². The fraction of sp³-hybridized carbons (Fsp3) is 0.316. The molecule has 1 aliphatic rings. The Kier molecular flexibility index (Phi) is 4.91. The molecule has 0 aliphatic carbocycles. The van der Waals surface area contributed by atoms with Gasteiger partial charge < -0.3 is 14.6 Å². The molecule has 0 bridgehead atoms. The van der Waals surface area contributed by atoms with Gasteiger partial charge in [0.2, 0.25) is 5.91 Å². The lowest BCUT2D eigenvalue weighted by molar-refractivity contribution is -0.117. The molecule has 8 heteroatoms. The van der Waals surface area contributed by atoms with Gasteiger partial charge in [-0.1, -0.05) is 17.4 Å². The molecule has 1 saturated heterocycles. The second-order valence-electron chi connectivity index (χ2n) is 6.62. The summed E-state index contributed by atoms with van der Waals surface area (Å²) >= 11 is 1.48. The number of carbonyl (C=O) groups is 2. The average molecular weight is 384 g/mol. The molecule has 0 unspecified atom stereocenters. The minimum atomic E-state index is -0.0830. The Hall–Kier alpha value is -2.71. The van der Waals surface area contributed by atoms with Gasteiger partial charge in [0.15, 0.2) is 5.13 Å². The van der Waals surface area contributed by atoms with Crippen molar-refractivity contribution in [1.29, 1.82) is 0 Å². The van der Waals surface area contributed by atoms with Crippen LogP contribution < -0.4 is 5.32 Å². The van der Waals surface area contributed by atoms with Crippen molar-refractivity contribution in [3.63, 3.8) is 0 Å². The molecule has 1 aliphatic heterocycles. The van der Waals surface area contributed by atoms with Crippen LogP contribution in [0.1, 0.15) is 15.9 Å². The van der Waals surface area contributed by atoms with Crippen molar-refractivity contribution in [2.45, 2.75) is 6.92 Å². The van der Waals surface area contributed by atoms with Crippen molar-refractivity contribution < 1.29 is 14.0 Å². The van der Waals surface area contributed by atoms with Crippen molar-refractivity contribution in [1.82, 2.24) is 14.8 Å². The molecule has 7 nitrogen and oxygen atoms in total. The second-order valence-corrected chi connectivity index (χ2v) is 7.65. The Morgan fingerprint density at radius 3 is 2.78 bits per heavy atom. The molecule has 0 spiro atoms. The number of hydrogen-bond acceptors (Lipinski definition) is 6. The van der Waals surface area contributed by atoms with E-state index in [1.165, 1.54) is 29.4 Å². The molecule has 27 heavy (non-hydrogen) atoms. The monoisotopic (exact) mass is 384 g/mol. The molecular weight excluding hydrogens is 364 g/mol. The Morgan fingerprint density at radius 2 is 2.04 bits per heavy atom. The third-order valence-electron chi connectivity index (χ3n) is 4.59. The van der Waals surface area contributed by atoms with Crippen LogP contribution in [0.3, 0.4) is 0 Å². The predicted octanol–water partition coefficient (Wildman–Crippen LogP) is 2.59. The molecule has 1 N–H and O–H groups in total. The zero-order valence-corrected chi connectivity index (χ0v) is 15.8. The van der Waals surface area contributed by atoms with Gasteiger partial charge in [-0.15, -0.1) is 0 Å². The lowest BCUT2D eigenvalue weighted by Gasteiger charge is -2.34. The molecule has 2 aromatic heterocycles. The molecule has 3 aromatic rings. The van der Waals surface area contributed by atoms with Gasteiger partial charge in [-0.2, -0.15) is 0 Å². The first-order chi connectivity index (χ1) is 13.1. The molecule has 0 saturated carbocycles. The van der Waals surface area contributed by atoms with Crippen LogP contribution in [0.2, 0.25) is 0 Å². The second kappa shape index (κ2) is 7.50. The number of benzene rings is 1. The van der Waals surface area contributed by atoms with Crippen molar-refractivity contribution in [3.05, 3.63) is 47.9 Å². The van der Waals surface area contributed by atoms with Crippen molar-refractivity contribution in [2.24, 2.45) is 0 Å². The standard InChI is InChI=1S/C19H20N4O3S/c1-13-2-3-15-16(10-13)27-19(20-15)21-17(24)11-22-5-7-23(8-6-22)18(25)14-4-9-26-12-14/h2-4,9-10,12H,5-8,11H2,1H3,(H,20,21,24). The fourth-order valence-electron chi connectivity index (χ4n) is 3.12. The van der Waals surface area contributed by atoms with E-state index in [1.54, 1.807) is 11.0 Å². The van der Waals surface area contributed by atoms with Crippen molar-refractivity contribution >= 4 is 38.5 Å². The maximum Gasteiger partial charge on any atom is 0.257 e. The van der Waals surface area contributed by atoms with Crippen molar-refractivity contribution in [3.8, 4) is 0 Å².